The molecule has 7 heteroatoms. The fourth-order valence-electron chi connectivity index (χ4n) is 1.50. The van der Waals surface area contributed by atoms with Gasteiger partial charge < -0.3 is 14.5 Å². The Bertz CT molecular complexity index is 711. The van der Waals surface area contributed by atoms with Crippen molar-refractivity contribution >= 4 is 39.6 Å². The molecule has 0 bridgehead atoms. The van der Waals surface area contributed by atoms with Crippen LogP contribution in [-0.2, 0) is 14.3 Å². The molecule has 1 heterocycles. The summed E-state index contributed by atoms with van der Waals surface area (Å²) < 4.78 is 23.7. The topological polar surface area (TPSA) is 68.5 Å². The monoisotopic (exact) mass is 367 g/mol. The number of carbonyl (C=O) groups is 2. The zero-order valence-electron chi connectivity index (χ0n) is 11.2. The summed E-state index contributed by atoms with van der Waals surface area (Å²) >= 11 is 3.13. The number of rotatable bonds is 5. The summed E-state index contributed by atoms with van der Waals surface area (Å²) in [4.78, 5) is 23.0. The highest BCUT2D eigenvalue weighted by Gasteiger charge is 2.08. The Morgan fingerprint density at radius 2 is 2.05 bits per heavy atom. The van der Waals surface area contributed by atoms with Gasteiger partial charge in [0.15, 0.2) is 11.3 Å². The molecule has 0 saturated carbocycles. The molecular formula is C15H11BrFNO4. The summed E-state index contributed by atoms with van der Waals surface area (Å²) in [5.41, 5.74) is 0.0273. The van der Waals surface area contributed by atoms with E-state index in [1.807, 2.05) is 0 Å². The van der Waals surface area contributed by atoms with Crippen LogP contribution < -0.4 is 5.32 Å². The fraction of sp³-hybridized carbons (Fsp3) is 0.0667. The Morgan fingerprint density at radius 3 is 2.73 bits per heavy atom. The number of hydrogen-bond donors (Lipinski definition) is 1. The van der Waals surface area contributed by atoms with Gasteiger partial charge in [-0.1, -0.05) is 12.1 Å². The summed E-state index contributed by atoms with van der Waals surface area (Å²) in [6.45, 7) is -0.515. The minimum Gasteiger partial charge on any atom is -0.452 e. The average Bonchev–Trinajstić information content (AvgIpc) is 2.91. The lowest BCUT2D eigenvalue weighted by molar-refractivity contribution is -0.142. The smallest absolute Gasteiger partial charge is 0.331 e. The molecule has 0 aliphatic carbocycles. The number of amides is 1. The van der Waals surface area contributed by atoms with Crippen LogP contribution in [0.4, 0.5) is 10.1 Å². The van der Waals surface area contributed by atoms with E-state index in [2.05, 4.69) is 21.2 Å². The summed E-state index contributed by atoms with van der Waals surface area (Å²) in [6.07, 6.45) is 2.53. The van der Waals surface area contributed by atoms with Crippen LogP contribution in [0.1, 0.15) is 5.76 Å². The molecule has 0 aliphatic heterocycles. The second kappa shape index (κ2) is 7.56. The van der Waals surface area contributed by atoms with E-state index in [0.29, 0.717) is 10.4 Å². The van der Waals surface area contributed by atoms with Gasteiger partial charge in [-0.25, -0.2) is 9.18 Å². The number of nitrogens with one attached hydrogen (secondary N) is 1. The van der Waals surface area contributed by atoms with Crippen molar-refractivity contribution in [2.75, 3.05) is 11.9 Å². The van der Waals surface area contributed by atoms with E-state index >= 15 is 0 Å². The lowest BCUT2D eigenvalue weighted by Crippen LogP contribution is -2.20. The molecule has 0 spiro atoms. The van der Waals surface area contributed by atoms with Crippen LogP contribution in [0.2, 0.25) is 0 Å². The van der Waals surface area contributed by atoms with E-state index < -0.39 is 24.3 Å². The van der Waals surface area contributed by atoms with E-state index in [9.17, 15) is 14.0 Å². The molecule has 0 atom stereocenters. The van der Waals surface area contributed by atoms with E-state index in [1.165, 1.54) is 24.3 Å². The van der Waals surface area contributed by atoms with Crippen LogP contribution in [0.3, 0.4) is 0 Å². The lowest BCUT2D eigenvalue weighted by atomic mass is 10.3. The van der Waals surface area contributed by atoms with Crippen molar-refractivity contribution in [3.05, 3.63) is 58.7 Å². The molecule has 1 N–H and O–H groups in total. The maximum atomic E-state index is 13.3. The van der Waals surface area contributed by atoms with E-state index in [0.717, 1.165) is 6.08 Å². The van der Waals surface area contributed by atoms with Gasteiger partial charge in [0.1, 0.15) is 11.6 Å². The zero-order valence-corrected chi connectivity index (χ0v) is 12.8. The molecule has 2 aromatic rings. The second-order valence-corrected chi connectivity index (χ2v) is 4.89. The van der Waals surface area contributed by atoms with Crippen molar-refractivity contribution in [3.63, 3.8) is 0 Å². The van der Waals surface area contributed by atoms with E-state index in [-0.39, 0.29) is 5.69 Å². The van der Waals surface area contributed by atoms with Crippen LogP contribution >= 0.6 is 15.9 Å². The van der Waals surface area contributed by atoms with E-state index in [4.69, 9.17) is 9.15 Å². The Hall–Kier alpha value is -2.41. The molecular weight excluding hydrogens is 357 g/mol. The average molecular weight is 368 g/mol. The Labute approximate surface area is 133 Å². The van der Waals surface area contributed by atoms with Crippen molar-refractivity contribution in [1.82, 2.24) is 0 Å². The molecule has 22 heavy (non-hydrogen) atoms. The normalized spacial score (nSPS) is 10.6. The molecule has 0 aliphatic rings. The van der Waals surface area contributed by atoms with Crippen molar-refractivity contribution in [2.45, 2.75) is 0 Å². The van der Waals surface area contributed by atoms with Crippen molar-refractivity contribution in [1.29, 1.82) is 0 Å². The van der Waals surface area contributed by atoms with Crippen molar-refractivity contribution < 1.29 is 23.1 Å². The predicted octanol–water partition coefficient (Wildman–Crippen LogP) is 3.38. The fourth-order valence-corrected chi connectivity index (χ4v) is 1.82. The molecule has 0 fully saturated rings. The van der Waals surface area contributed by atoms with E-state index in [1.54, 1.807) is 18.2 Å². The number of esters is 1. The minimum atomic E-state index is -0.712. The Morgan fingerprint density at radius 1 is 1.27 bits per heavy atom. The number of halogens is 2. The maximum absolute atomic E-state index is 13.3. The molecule has 1 aromatic heterocycles. The summed E-state index contributed by atoms with van der Waals surface area (Å²) in [5.74, 6) is -1.45. The number of furan rings is 1. The van der Waals surface area contributed by atoms with Gasteiger partial charge in [0.25, 0.3) is 5.91 Å². The van der Waals surface area contributed by atoms with Gasteiger partial charge in [-0.3, -0.25) is 4.79 Å². The SMILES string of the molecule is O=C(COC(=O)C=Cc1ccc(Br)o1)Nc1ccccc1F. The third-order valence-corrected chi connectivity index (χ3v) is 2.90. The van der Waals surface area contributed by atoms with Crippen LogP contribution in [0.5, 0.6) is 0 Å². The number of anilines is 1. The van der Waals surface area contributed by atoms with Gasteiger partial charge in [-0.15, -0.1) is 0 Å². The molecule has 0 saturated heterocycles. The largest absolute Gasteiger partial charge is 0.452 e. The van der Waals surface area contributed by atoms with Crippen LogP contribution in [-0.4, -0.2) is 18.5 Å². The first-order chi connectivity index (χ1) is 10.5. The maximum Gasteiger partial charge on any atom is 0.331 e. The first-order valence-corrected chi connectivity index (χ1v) is 6.98. The van der Waals surface area contributed by atoms with Crippen LogP contribution in [0.25, 0.3) is 6.08 Å². The van der Waals surface area contributed by atoms with Crippen LogP contribution in [0, 0.1) is 5.82 Å². The third kappa shape index (κ3) is 4.85. The third-order valence-electron chi connectivity index (χ3n) is 2.47. The molecule has 0 radical (unpaired) electrons. The number of carbonyl (C=O) groups excluding carboxylic acids is 2. The first-order valence-electron chi connectivity index (χ1n) is 6.19. The molecule has 2 rings (SSSR count). The zero-order chi connectivity index (χ0) is 15.9. The van der Waals surface area contributed by atoms with Crippen LogP contribution in [0.15, 0.2) is 51.6 Å². The standard InChI is InChI=1S/C15H11BrFNO4/c16-13-7-5-10(22-13)6-8-15(20)21-9-14(19)18-12-4-2-1-3-11(12)17/h1-8H,9H2,(H,18,19). The van der Waals surface area contributed by atoms with Gasteiger partial charge in [-0.05, 0) is 46.3 Å². The highest BCUT2D eigenvalue weighted by molar-refractivity contribution is 9.10. The number of benzene rings is 1. The molecule has 5 nitrogen and oxygen atoms in total. The number of ether oxygens (including phenoxy) is 1. The van der Waals surface area contributed by atoms with Crippen molar-refractivity contribution in [2.24, 2.45) is 0 Å². The molecule has 0 unspecified atom stereocenters. The Balaban J connectivity index is 1.80. The quantitative estimate of drug-likeness (QED) is 0.649. The van der Waals surface area contributed by atoms with Gasteiger partial charge in [0.05, 0.1) is 5.69 Å². The predicted molar refractivity (Wildman–Crippen MR) is 81.4 cm³/mol. The Kier molecular flexibility index (Phi) is 5.48. The minimum absolute atomic E-state index is 0.0273. The second-order valence-electron chi connectivity index (χ2n) is 4.11. The molecule has 114 valence electrons. The lowest BCUT2D eigenvalue weighted by Gasteiger charge is -2.05. The molecule has 1 aromatic carbocycles. The summed E-state index contributed by atoms with van der Waals surface area (Å²) in [7, 11) is 0. The highest BCUT2D eigenvalue weighted by atomic mass is 79.9. The molecule has 1 amide bonds. The highest BCUT2D eigenvalue weighted by Crippen LogP contribution is 2.15. The van der Waals surface area contributed by atoms with Gasteiger partial charge >= 0.3 is 5.97 Å². The van der Waals surface area contributed by atoms with Gasteiger partial charge in [-0.2, -0.15) is 0 Å². The van der Waals surface area contributed by atoms with Gasteiger partial charge in [0.2, 0.25) is 0 Å². The van der Waals surface area contributed by atoms with Gasteiger partial charge in [0, 0.05) is 6.08 Å². The van der Waals surface area contributed by atoms with Crippen molar-refractivity contribution in [3.8, 4) is 0 Å². The first kappa shape index (κ1) is 16.0. The number of para-hydroxylation sites is 1. The summed E-state index contributed by atoms with van der Waals surface area (Å²) in [6, 6.07) is 9.03. The number of hydrogen-bond acceptors (Lipinski definition) is 4. The summed E-state index contributed by atoms with van der Waals surface area (Å²) in [5, 5.41) is 2.30.